The maximum absolute atomic E-state index is 12.1. The summed E-state index contributed by atoms with van der Waals surface area (Å²) < 4.78 is 6.49. The third-order valence-corrected chi connectivity index (χ3v) is 3.15. The zero-order valence-corrected chi connectivity index (χ0v) is 11.5. The van der Waals surface area contributed by atoms with Crippen LogP contribution in [0.5, 0.6) is 0 Å². The van der Waals surface area contributed by atoms with Gasteiger partial charge in [-0.1, -0.05) is 30.3 Å². The van der Waals surface area contributed by atoms with Gasteiger partial charge in [0.15, 0.2) is 0 Å². The number of aromatic nitrogens is 2. The van der Waals surface area contributed by atoms with E-state index in [9.17, 15) is 9.59 Å². The normalized spacial score (nSPS) is 10.5. The molecular formula is C16H12N2O4. The van der Waals surface area contributed by atoms with Crippen molar-refractivity contribution in [2.75, 3.05) is 0 Å². The van der Waals surface area contributed by atoms with Gasteiger partial charge in [0.1, 0.15) is 5.76 Å². The molecule has 0 aliphatic rings. The number of nitrogens with zero attached hydrogens (tertiary/aromatic N) is 2. The van der Waals surface area contributed by atoms with E-state index in [0.717, 1.165) is 5.56 Å². The maximum Gasteiger partial charge on any atom is 0.371 e. The van der Waals surface area contributed by atoms with Crippen molar-refractivity contribution in [1.82, 2.24) is 9.55 Å². The molecule has 0 saturated carbocycles. The van der Waals surface area contributed by atoms with E-state index in [1.165, 1.54) is 29.1 Å². The lowest BCUT2D eigenvalue weighted by molar-refractivity contribution is 0.0660. The van der Waals surface area contributed by atoms with Crippen molar-refractivity contribution >= 4 is 5.97 Å². The van der Waals surface area contributed by atoms with Crippen LogP contribution in [0.3, 0.4) is 0 Å². The molecule has 2 aromatic heterocycles. The SMILES string of the molecule is O=C(O)c1ccc(Cn2cnc(-c3ccccc3)cc2=O)o1. The van der Waals surface area contributed by atoms with Gasteiger partial charge in [0.25, 0.3) is 5.56 Å². The van der Waals surface area contributed by atoms with Crippen LogP contribution in [-0.2, 0) is 6.54 Å². The summed E-state index contributed by atoms with van der Waals surface area (Å²) in [6, 6.07) is 13.7. The van der Waals surface area contributed by atoms with Crippen molar-refractivity contribution in [1.29, 1.82) is 0 Å². The van der Waals surface area contributed by atoms with Gasteiger partial charge in [-0.2, -0.15) is 0 Å². The molecule has 0 atom stereocenters. The van der Waals surface area contributed by atoms with E-state index in [4.69, 9.17) is 9.52 Å². The summed E-state index contributed by atoms with van der Waals surface area (Å²) in [5, 5.41) is 8.81. The van der Waals surface area contributed by atoms with Crippen LogP contribution >= 0.6 is 0 Å². The Kier molecular flexibility index (Phi) is 3.57. The first-order valence-corrected chi connectivity index (χ1v) is 6.57. The predicted molar refractivity (Wildman–Crippen MR) is 78.7 cm³/mol. The molecule has 0 saturated heterocycles. The number of carboxylic acid groups (broad SMARTS) is 1. The lowest BCUT2D eigenvalue weighted by Crippen LogP contribution is -2.20. The Hall–Kier alpha value is -3.15. The summed E-state index contributed by atoms with van der Waals surface area (Å²) in [5.74, 6) is -0.915. The second-order valence-corrected chi connectivity index (χ2v) is 4.68. The average Bonchev–Trinajstić information content (AvgIpc) is 2.99. The second-order valence-electron chi connectivity index (χ2n) is 4.68. The Morgan fingerprint density at radius 3 is 2.59 bits per heavy atom. The molecule has 0 fully saturated rings. The van der Waals surface area contributed by atoms with Gasteiger partial charge in [-0.25, -0.2) is 9.78 Å². The fraction of sp³-hybridized carbons (Fsp3) is 0.0625. The van der Waals surface area contributed by atoms with E-state index in [2.05, 4.69) is 4.98 Å². The molecule has 0 aliphatic heterocycles. The Labute approximate surface area is 125 Å². The third-order valence-electron chi connectivity index (χ3n) is 3.15. The summed E-state index contributed by atoms with van der Waals surface area (Å²) in [6.07, 6.45) is 1.42. The monoisotopic (exact) mass is 296 g/mol. The smallest absolute Gasteiger partial charge is 0.371 e. The number of furan rings is 1. The van der Waals surface area contributed by atoms with Crippen molar-refractivity contribution in [2.45, 2.75) is 6.54 Å². The van der Waals surface area contributed by atoms with Crippen molar-refractivity contribution in [3.8, 4) is 11.3 Å². The Morgan fingerprint density at radius 2 is 1.95 bits per heavy atom. The number of rotatable bonds is 4. The molecule has 3 rings (SSSR count). The Bertz CT molecular complexity index is 865. The van der Waals surface area contributed by atoms with Crippen molar-refractivity contribution in [3.63, 3.8) is 0 Å². The van der Waals surface area contributed by atoms with Gasteiger partial charge in [-0.3, -0.25) is 9.36 Å². The van der Waals surface area contributed by atoms with Crippen LogP contribution in [0.15, 0.2) is 64.1 Å². The summed E-state index contributed by atoms with van der Waals surface area (Å²) in [5.41, 5.74) is 1.22. The lowest BCUT2D eigenvalue weighted by atomic mass is 10.1. The first kappa shape index (κ1) is 13.8. The minimum absolute atomic E-state index is 0.133. The van der Waals surface area contributed by atoms with Crippen LogP contribution in [-0.4, -0.2) is 20.6 Å². The third kappa shape index (κ3) is 2.80. The minimum atomic E-state index is -1.14. The lowest BCUT2D eigenvalue weighted by Gasteiger charge is -2.05. The Morgan fingerprint density at radius 1 is 1.18 bits per heavy atom. The molecule has 110 valence electrons. The molecule has 0 bridgehead atoms. The average molecular weight is 296 g/mol. The summed E-state index contributed by atoms with van der Waals surface area (Å²) in [7, 11) is 0. The first-order chi connectivity index (χ1) is 10.6. The minimum Gasteiger partial charge on any atom is -0.475 e. The molecule has 0 aliphatic carbocycles. The van der Waals surface area contributed by atoms with E-state index in [1.54, 1.807) is 0 Å². The highest BCUT2D eigenvalue weighted by Gasteiger charge is 2.10. The molecule has 0 amide bonds. The molecule has 0 radical (unpaired) electrons. The molecule has 0 unspecified atom stereocenters. The fourth-order valence-electron chi connectivity index (χ4n) is 2.06. The molecule has 22 heavy (non-hydrogen) atoms. The van der Waals surface area contributed by atoms with E-state index in [1.807, 2.05) is 30.3 Å². The fourth-order valence-corrected chi connectivity index (χ4v) is 2.06. The van der Waals surface area contributed by atoms with Crippen molar-refractivity contribution in [2.24, 2.45) is 0 Å². The second kappa shape index (κ2) is 5.69. The molecule has 6 nitrogen and oxygen atoms in total. The summed E-state index contributed by atoms with van der Waals surface area (Å²) in [6.45, 7) is 0.133. The van der Waals surface area contributed by atoms with Crippen molar-refractivity contribution in [3.05, 3.63) is 76.7 Å². The molecular weight excluding hydrogens is 284 g/mol. The highest BCUT2D eigenvalue weighted by atomic mass is 16.4. The van der Waals surface area contributed by atoms with Crippen molar-refractivity contribution < 1.29 is 14.3 Å². The van der Waals surface area contributed by atoms with Crippen LogP contribution in [0.1, 0.15) is 16.3 Å². The zero-order chi connectivity index (χ0) is 15.5. The van der Waals surface area contributed by atoms with Gasteiger partial charge >= 0.3 is 5.97 Å². The first-order valence-electron chi connectivity index (χ1n) is 6.57. The van der Waals surface area contributed by atoms with Gasteiger partial charge in [0.05, 0.1) is 18.6 Å². The number of hydrogen-bond donors (Lipinski definition) is 1. The number of carboxylic acids is 1. The van der Waals surface area contributed by atoms with E-state index in [0.29, 0.717) is 11.5 Å². The largest absolute Gasteiger partial charge is 0.475 e. The van der Waals surface area contributed by atoms with Crippen LogP contribution in [0.4, 0.5) is 0 Å². The van der Waals surface area contributed by atoms with Gasteiger partial charge in [0, 0.05) is 11.6 Å². The topological polar surface area (TPSA) is 85.3 Å². The van der Waals surface area contributed by atoms with Gasteiger partial charge in [0.2, 0.25) is 5.76 Å². The number of aromatic carboxylic acids is 1. The quantitative estimate of drug-likeness (QED) is 0.798. The van der Waals surface area contributed by atoms with Crippen LogP contribution < -0.4 is 5.56 Å². The van der Waals surface area contributed by atoms with Gasteiger partial charge in [-0.05, 0) is 12.1 Å². The van der Waals surface area contributed by atoms with Crippen LogP contribution in [0.25, 0.3) is 11.3 Å². The molecule has 1 N–H and O–H groups in total. The zero-order valence-electron chi connectivity index (χ0n) is 11.5. The van der Waals surface area contributed by atoms with Gasteiger partial charge in [-0.15, -0.1) is 0 Å². The van der Waals surface area contributed by atoms with Crippen LogP contribution in [0, 0.1) is 0 Å². The van der Waals surface area contributed by atoms with E-state index in [-0.39, 0.29) is 17.9 Å². The van der Waals surface area contributed by atoms with Gasteiger partial charge < -0.3 is 9.52 Å². The molecule has 2 heterocycles. The van der Waals surface area contributed by atoms with E-state index < -0.39 is 5.97 Å². The maximum atomic E-state index is 12.1. The number of hydrogen-bond acceptors (Lipinski definition) is 4. The van der Waals surface area contributed by atoms with Crippen LogP contribution in [0.2, 0.25) is 0 Å². The molecule has 0 spiro atoms. The summed E-state index contributed by atoms with van der Waals surface area (Å²) in [4.78, 5) is 27.1. The number of carbonyl (C=O) groups is 1. The van der Waals surface area contributed by atoms with E-state index >= 15 is 0 Å². The standard InChI is InChI=1S/C16H12N2O4/c19-15-8-13(11-4-2-1-3-5-11)17-10-18(15)9-12-6-7-14(22-12)16(20)21/h1-8,10H,9H2,(H,20,21). The molecule has 1 aromatic carbocycles. The summed E-state index contributed by atoms with van der Waals surface area (Å²) >= 11 is 0. The number of benzene rings is 1. The molecule has 3 aromatic rings. The molecule has 6 heteroatoms. The highest BCUT2D eigenvalue weighted by molar-refractivity contribution is 5.84. The highest BCUT2D eigenvalue weighted by Crippen LogP contribution is 2.14. The predicted octanol–water partition coefficient (Wildman–Crippen LogP) is 2.25. The Balaban J connectivity index is 1.86.